The molecule has 3 aromatic rings. The van der Waals surface area contributed by atoms with Crippen LogP contribution in [0.3, 0.4) is 0 Å². The maximum atomic E-state index is 12.9. The number of carbonyl (C=O) groups is 1. The fraction of sp³-hybridized carbons (Fsp3) is 0.0526. The monoisotopic (exact) mass is 467 g/mol. The van der Waals surface area contributed by atoms with Gasteiger partial charge in [0.05, 0.1) is 11.0 Å². The van der Waals surface area contributed by atoms with Crippen LogP contribution in [0.1, 0.15) is 11.1 Å². The lowest BCUT2D eigenvalue weighted by Gasteiger charge is -2.05. The molecule has 0 aliphatic rings. The lowest BCUT2D eigenvalue weighted by atomic mass is 10.2. The summed E-state index contributed by atoms with van der Waals surface area (Å²) >= 11 is 15.5. The molecule has 0 aliphatic carbocycles. The zero-order chi connectivity index (χ0) is 19.4. The van der Waals surface area contributed by atoms with Gasteiger partial charge in [-0.25, -0.2) is 4.39 Å². The standard InChI is InChI=1S/C19H13BrCl2FN3O/c20-16-11-26(10-13-4-5-14(21)9-17(13)22)25-19(16)24-18(27)8-3-12-1-6-15(23)7-2-12/h1-9,11H,10H2,(H,24,25,27)/b8-3+. The molecule has 2 aromatic carbocycles. The molecule has 0 fully saturated rings. The lowest BCUT2D eigenvalue weighted by Crippen LogP contribution is -2.09. The van der Waals surface area contributed by atoms with E-state index in [1.54, 1.807) is 41.2 Å². The van der Waals surface area contributed by atoms with Crippen molar-refractivity contribution >= 4 is 56.9 Å². The highest BCUT2D eigenvalue weighted by atomic mass is 79.9. The predicted molar refractivity (Wildman–Crippen MR) is 110 cm³/mol. The van der Waals surface area contributed by atoms with Gasteiger partial charge in [-0.05, 0) is 57.4 Å². The van der Waals surface area contributed by atoms with Crippen molar-refractivity contribution in [2.45, 2.75) is 6.54 Å². The van der Waals surface area contributed by atoms with Gasteiger partial charge in [0, 0.05) is 22.3 Å². The third-order valence-corrected chi connectivity index (χ3v) is 4.77. The van der Waals surface area contributed by atoms with Crippen LogP contribution in [0.4, 0.5) is 10.2 Å². The maximum absolute atomic E-state index is 12.9. The van der Waals surface area contributed by atoms with Gasteiger partial charge in [-0.15, -0.1) is 0 Å². The molecular weight excluding hydrogens is 456 g/mol. The number of nitrogens with one attached hydrogen (secondary N) is 1. The van der Waals surface area contributed by atoms with E-state index in [0.29, 0.717) is 32.4 Å². The molecule has 0 saturated carbocycles. The van der Waals surface area contributed by atoms with Gasteiger partial charge in [-0.2, -0.15) is 5.10 Å². The fourth-order valence-electron chi connectivity index (χ4n) is 2.29. The molecule has 0 radical (unpaired) electrons. The predicted octanol–water partition coefficient (Wildman–Crippen LogP) is 5.79. The molecule has 3 rings (SSSR count). The molecule has 27 heavy (non-hydrogen) atoms. The Morgan fingerprint density at radius 2 is 1.96 bits per heavy atom. The SMILES string of the molecule is O=C(/C=C/c1ccc(F)cc1)Nc1nn(Cc2ccc(Cl)cc2Cl)cc1Br. The number of anilines is 1. The number of benzene rings is 2. The maximum Gasteiger partial charge on any atom is 0.249 e. The third kappa shape index (κ3) is 5.42. The second-order valence-electron chi connectivity index (χ2n) is 5.63. The normalized spacial score (nSPS) is 11.1. The Morgan fingerprint density at radius 3 is 2.67 bits per heavy atom. The molecule has 1 heterocycles. The van der Waals surface area contributed by atoms with Crippen molar-refractivity contribution < 1.29 is 9.18 Å². The average Bonchev–Trinajstić information content (AvgIpc) is 2.96. The number of hydrogen-bond acceptors (Lipinski definition) is 2. The highest BCUT2D eigenvalue weighted by molar-refractivity contribution is 9.10. The second kappa shape index (κ2) is 8.69. The van der Waals surface area contributed by atoms with Crippen LogP contribution in [0.2, 0.25) is 10.0 Å². The van der Waals surface area contributed by atoms with E-state index < -0.39 is 0 Å². The average molecular weight is 469 g/mol. The summed E-state index contributed by atoms with van der Waals surface area (Å²) in [5.74, 6) is -0.296. The largest absolute Gasteiger partial charge is 0.305 e. The summed E-state index contributed by atoms with van der Waals surface area (Å²) < 4.78 is 15.2. The van der Waals surface area contributed by atoms with E-state index in [-0.39, 0.29) is 11.7 Å². The lowest BCUT2D eigenvalue weighted by molar-refractivity contribution is -0.111. The Hall–Kier alpha value is -2.15. The number of halogens is 4. The van der Waals surface area contributed by atoms with Crippen LogP contribution in [0.5, 0.6) is 0 Å². The van der Waals surface area contributed by atoms with Gasteiger partial charge in [0.2, 0.25) is 5.91 Å². The van der Waals surface area contributed by atoms with E-state index in [4.69, 9.17) is 23.2 Å². The van der Waals surface area contributed by atoms with Crippen LogP contribution in [0, 0.1) is 5.82 Å². The summed E-state index contributed by atoms with van der Waals surface area (Å²) in [5, 5.41) is 8.13. The second-order valence-corrected chi connectivity index (χ2v) is 7.33. The molecule has 138 valence electrons. The Balaban J connectivity index is 1.67. The van der Waals surface area contributed by atoms with Gasteiger partial charge in [-0.3, -0.25) is 9.48 Å². The molecule has 0 atom stereocenters. The smallest absolute Gasteiger partial charge is 0.249 e. The summed E-state index contributed by atoms with van der Waals surface area (Å²) in [6.07, 6.45) is 4.69. The fourth-order valence-corrected chi connectivity index (χ4v) is 3.17. The van der Waals surface area contributed by atoms with Gasteiger partial charge < -0.3 is 5.32 Å². The molecule has 0 bridgehead atoms. The number of nitrogens with zero attached hydrogens (tertiary/aromatic N) is 2. The first kappa shape index (κ1) is 19.6. The number of carbonyl (C=O) groups excluding carboxylic acids is 1. The van der Waals surface area contributed by atoms with Crippen molar-refractivity contribution in [2.75, 3.05) is 5.32 Å². The van der Waals surface area contributed by atoms with E-state index >= 15 is 0 Å². The first-order valence-electron chi connectivity index (χ1n) is 7.82. The summed E-state index contributed by atoms with van der Waals surface area (Å²) in [4.78, 5) is 12.1. The third-order valence-electron chi connectivity index (χ3n) is 3.60. The van der Waals surface area contributed by atoms with Crippen LogP contribution in [0.15, 0.2) is 59.2 Å². The number of amides is 1. The van der Waals surface area contributed by atoms with Crippen molar-refractivity contribution in [3.8, 4) is 0 Å². The Morgan fingerprint density at radius 1 is 1.22 bits per heavy atom. The molecule has 0 saturated heterocycles. The van der Waals surface area contributed by atoms with Gasteiger partial charge in [-0.1, -0.05) is 41.4 Å². The van der Waals surface area contributed by atoms with Crippen molar-refractivity contribution in [3.63, 3.8) is 0 Å². The Labute approximate surface area is 173 Å². The minimum Gasteiger partial charge on any atom is -0.305 e. The minimum absolute atomic E-state index is 0.327. The summed E-state index contributed by atoms with van der Waals surface area (Å²) in [6.45, 7) is 0.426. The topological polar surface area (TPSA) is 46.9 Å². The first-order chi connectivity index (χ1) is 12.9. The van der Waals surface area contributed by atoms with Crippen LogP contribution in [-0.4, -0.2) is 15.7 Å². The quantitative estimate of drug-likeness (QED) is 0.481. The van der Waals surface area contributed by atoms with Crippen molar-refractivity contribution in [1.29, 1.82) is 0 Å². The van der Waals surface area contributed by atoms with Gasteiger partial charge in [0.15, 0.2) is 5.82 Å². The highest BCUT2D eigenvalue weighted by Gasteiger charge is 2.10. The van der Waals surface area contributed by atoms with Gasteiger partial charge in [0.25, 0.3) is 0 Å². The minimum atomic E-state index is -0.352. The Kier molecular flexibility index (Phi) is 6.31. The molecule has 1 aromatic heterocycles. The zero-order valence-corrected chi connectivity index (χ0v) is 16.9. The van der Waals surface area contributed by atoms with Gasteiger partial charge in [0.1, 0.15) is 5.82 Å². The van der Waals surface area contributed by atoms with E-state index in [0.717, 1.165) is 5.56 Å². The summed E-state index contributed by atoms with van der Waals surface area (Å²) in [7, 11) is 0. The van der Waals surface area contributed by atoms with Crippen molar-refractivity contribution in [3.05, 3.63) is 86.2 Å². The number of aromatic nitrogens is 2. The van der Waals surface area contributed by atoms with Crippen LogP contribution >= 0.6 is 39.1 Å². The van der Waals surface area contributed by atoms with Crippen molar-refractivity contribution in [1.82, 2.24) is 9.78 Å². The van der Waals surface area contributed by atoms with Crippen LogP contribution in [0.25, 0.3) is 6.08 Å². The Bertz CT molecular complexity index is 1000. The first-order valence-corrected chi connectivity index (χ1v) is 9.37. The molecule has 0 aliphatic heterocycles. The van der Waals surface area contributed by atoms with E-state index in [9.17, 15) is 9.18 Å². The van der Waals surface area contributed by atoms with Crippen molar-refractivity contribution in [2.24, 2.45) is 0 Å². The highest BCUT2D eigenvalue weighted by Crippen LogP contribution is 2.24. The van der Waals surface area contributed by atoms with Gasteiger partial charge >= 0.3 is 0 Å². The summed E-state index contributed by atoms with van der Waals surface area (Å²) in [6, 6.07) is 11.1. The van der Waals surface area contributed by atoms with E-state index in [2.05, 4.69) is 26.3 Å². The molecule has 1 N–H and O–H groups in total. The molecule has 0 unspecified atom stereocenters. The number of hydrogen-bond donors (Lipinski definition) is 1. The zero-order valence-electron chi connectivity index (χ0n) is 13.8. The van der Waals surface area contributed by atoms with E-state index in [1.165, 1.54) is 18.2 Å². The molecule has 4 nitrogen and oxygen atoms in total. The molecule has 8 heteroatoms. The number of rotatable bonds is 5. The molecule has 0 spiro atoms. The van der Waals surface area contributed by atoms with E-state index in [1.807, 2.05) is 6.07 Å². The molecular formula is C19H13BrCl2FN3O. The summed E-state index contributed by atoms with van der Waals surface area (Å²) in [5.41, 5.74) is 1.57. The molecule has 1 amide bonds. The van der Waals surface area contributed by atoms with Crippen LogP contribution in [-0.2, 0) is 11.3 Å². The van der Waals surface area contributed by atoms with Crippen LogP contribution < -0.4 is 5.32 Å².